The first-order chi connectivity index (χ1) is 1.00. The predicted molar refractivity (Wildman–Crippen MR) is 19.9 cm³/mol. The Balaban J connectivity index is -0.00000000500. The Kier molecular flexibility index (Phi) is 92.9. The number of hydrogen-bond donors (Lipinski definition) is 0. The maximum absolute atomic E-state index is 4.01. The molecule has 0 heterocycles. The Morgan fingerprint density at radius 3 is 1.25 bits per heavy atom. The maximum atomic E-state index is 4.01. The molecule has 0 amide bonds. The first kappa shape index (κ1) is 17.1. The Labute approximate surface area is 58.0 Å². The summed E-state index contributed by atoms with van der Waals surface area (Å²) in [7, 11) is 0.931. The Bertz CT molecular complexity index is 8.00. The average Bonchev–Trinajstić information content (AvgIpc) is 1.00. The van der Waals surface area contributed by atoms with E-state index in [1.54, 1.807) is 0 Å². The molecule has 0 aliphatic carbocycles. The summed E-state index contributed by atoms with van der Waals surface area (Å²) in [6.45, 7) is 0. The molecule has 4 heavy (non-hydrogen) atoms. The van der Waals surface area contributed by atoms with Gasteiger partial charge in [-0.05, 0) is 0 Å². The van der Waals surface area contributed by atoms with Gasteiger partial charge in [0.05, 0.1) is 0 Å². The van der Waals surface area contributed by atoms with Crippen molar-refractivity contribution in [3.63, 3.8) is 0 Å². The third-order valence-electron chi connectivity index (χ3n) is 0. The van der Waals surface area contributed by atoms with Crippen molar-refractivity contribution in [1.82, 2.24) is 0 Å². The van der Waals surface area contributed by atoms with Crippen LogP contribution in [-0.2, 0) is 31.9 Å². The second-order valence-corrected chi connectivity index (χ2v) is 0. The standard InChI is InChI=1S/Al.Mn.Ni.H3Si.3H/h;;;1H3;;;. The number of hydrogen-bond acceptors (Lipinski definition) is 0. The molecule has 0 aromatic heterocycles. The molecule has 0 N–H and O–H groups in total. The summed E-state index contributed by atoms with van der Waals surface area (Å²) >= 11 is 4.01. The quantitative estimate of drug-likeness (QED) is 0.361. The van der Waals surface area contributed by atoms with Crippen molar-refractivity contribution in [3.8, 4) is 0 Å². The van der Waals surface area contributed by atoms with Crippen LogP contribution in [0.2, 0.25) is 0 Å². The summed E-state index contributed by atoms with van der Waals surface area (Å²) in [5, 5.41) is 0. The molecule has 0 aliphatic heterocycles. The zero-order chi connectivity index (χ0) is 2.00. The molecular formula is H6AlMnNiSi. The zero-order valence-corrected chi connectivity index (χ0v) is 5.86. The van der Waals surface area contributed by atoms with Gasteiger partial charge >= 0.3 is 23.8 Å². The van der Waals surface area contributed by atoms with E-state index in [1.807, 2.05) is 0 Å². The first-order valence-electron chi connectivity index (χ1n) is 0.316. The van der Waals surface area contributed by atoms with Crippen LogP contribution in [0.1, 0.15) is 0 Å². The minimum absolute atomic E-state index is 0. The molecule has 30 valence electrons. The zero-order valence-electron chi connectivity index (χ0n) is 1.69. The van der Waals surface area contributed by atoms with Gasteiger partial charge in [0, 0.05) is 17.1 Å². The first-order valence-corrected chi connectivity index (χ1v) is 3.91. The van der Waals surface area contributed by atoms with Crippen molar-refractivity contribution in [3.05, 3.63) is 0 Å². The van der Waals surface area contributed by atoms with Gasteiger partial charge in [-0.25, -0.2) is 0 Å². The van der Waals surface area contributed by atoms with E-state index in [0.29, 0.717) is 0 Å². The van der Waals surface area contributed by atoms with Gasteiger partial charge in [0.1, 0.15) is 0 Å². The molecule has 0 rings (SSSR count). The van der Waals surface area contributed by atoms with E-state index < -0.39 is 0 Å². The van der Waals surface area contributed by atoms with E-state index in [-0.39, 0.29) is 34.4 Å². The van der Waals surface area contributed by atoms with Gasteiger partial charge in [-0.15, -0.1) is 0 Å². The molecule has 0 fully saturated rings. The second-order valence-electron chi connectivity index (χ2n) is 0. The Morgan fingerprint density at radius 2 is 1.25 bits per heavy atom. The summed E-state index contributed by atoms with van der Waals surface area (Å²) in [6.07, 6.45) is 0. The molecule has 4 heteroatoms. The van der Waals surface area contributed by atoms with E-state index in [2.05, 4.69) is 14.8 Å². The van der Waals surface area contributed by atoms with E-state index >= 15 is 0 Å². The monoisotopic (exact) mass is 174 g/mol. The van der Waals surface area contributed by atoms with Crippen LogP contribution in [0.3, 0.4) is 0 Å². The molecule has 0 saturated heterocycles. The van der Waals surface area contributed by atoms with E-state index in [0.717, 1.165) is 8.94 Å². The van der Waals surface area contributed by atoms with Crippen molar-refractivity contribution >= 4 is 26.3 Å². The van der Waals surface area contributed by atoms with Crippen LogP contribution >= 0.6 is 0 Å². The van der Waals surface area contributed by atoms with Crippen LogP contribution in [-0.4, -0.2) is 26.3 Å². The molecule has 0 saturated carbocycles. The molecular weight excluding hydrogens is 169 g/mol. The van der Waals surface area contributed by atoms with Crippen molar-refractivity contribution in [1.29, 1.82) is 0 Å². The molecule has 0 atom stereocenters. The normalized spacial score (nSPS) is 2.50. The summed E-state index contributed by atoms with van der Waals surface area (Å²) in [5.74, 6) is 0. The topological polar surface area (TPSA) is 0 Å². The summed E-state index contributed by atoms with van der Waals surface area (Å²) in [6, 6.07) is 0. The van der Waals surface area contributed by atoms with Crippen LogP contribution in [0, 0.1) is 0 Å². The molecule has 0 aromatic rings. The Morgan fingerprint density at radius 1 is 1.25 bits per heavy atom. The van der Waals surface area contributed by atoms with E-state index in [9.17, 15) is 0 Å². The third kappa shape index (κ3) is 9.24. The van der Waals surface area contributed by atoms with Crippen LogP contribution in [0.4, 0.5) is 0 Å². The molecule has 0 aliphatic rings. The van der Waals surface area contributed by atoms with Crippen molar-refractivity contribution in [2.75, 3.05) is 0 Å². The van der Waals surface area contributed by atoms with Gasteiger partial charge in [-0.2, -0.15) is 0 Å². The molecule has 1 radical (unpaired) electrons. The summed E-state index contributed by atoms with van der Waals surface area (Å²) < 4.78 is 0. The van der Waals surface area contributed by atoms with Crippen LogP contribution in [0.25, 0.3) is 0 Å². The molecule has 0 spiro atoms. The second kappa shape index (κ2) is 21.7. The fourth-order valence-electron chi connectivity index (χ4n) is 0. The number of rotatable bonds is 0. The van der Waals surface area contributed by atoms with Crippen molar-refractivity contribution < 1.29 is 31.9 Å². The summed E-state index contributed by atoms with van der Waals surface area (Å²) in [4.78, 5) is 0. The van der Waals surface area contributed by atoms with Gasteiger partial charge in [-0.1, -0.05) is 0 Å². The third-order valence-corrected chi connectivity index (χ3v) is 0. The van der Waals surface area contributed by atoms with Crippen molar-refractivity contribution in [2.24, 2.45) is 0 Å². The Hall–Kier alpha value is 1.76. The summed E-state index contributed by atoms with van der Waals surface area (Å²) in [5.41, 5.74) is 0. The van der Waals surface area contributed by atoms with Gasteiger partial charge in [0.2, 0.25) is 0 Å². The molecule has 0 aromatic carbocycles. The minimum atomic E-state index is 0. The van der Waals surface area contributed by atoms with Gasteiger partial charge in [-0.3, -0.25) is 0 Å². The van der Waals surface area contributed by atoms with E-state index in [1.165, 1.54) is 0 Å². The van der Waals surface area contributed by atoms with E-state index in [4.69, 9.17) is 0 Å². The molecule has 0 unspecified atom stereocenters. The van der Waals surface area contributed by atoms with Gasteiger partial charge < -0.3 is 0 Å². The predicted octanol–water partition coefficient (Wildman–Crippen LogP) is -2.37. The molecule has 0 nitrogen and oxygen atoms in total. The van der Waals surface area contributed by atoms with Crippen molar-refractivity contribution in [2.45, 2.75) is 0 Å². The van der Waals surface area contributed by atoms with Gasteiger partial charge in [0.15, 0.2) is 17.4 Å². The van der Waals surface area contributed by atoms with Crippen LogP contribution in [0.15, 0.2) is 0 Å². The van der Waals surface area contributed by atoms with Crippen LogP contribution < -0.4 is 0 Å². The SMILES string of the molecule is [AlH3].[Mn].[SiH3][Ni]. The fraction of sp³-hybridized carbons (Fsp3) is 0. The average molecular weight is 175 g/mol. The fourth-order valence-corrected chi connectivity index (χ4v) is 0. The van der Waals surface area contributed by atoms with Gasteiger partial charge in [0.25, 0.3) is 0 Å². The van der Waals surface area contributed by atoms with Crippen LogP contribution in [0.5, 0.6) is 0 Å². The molecule has 0 bridgehead atoms.